The molecule has 1 fully saturated rings. The second-order valence-corrected chi connectivity index (χ2v) is 9.59. The first-order chi connectivity index (χ1) is 17.2. The molecule has 0 radical (unpaired) electrons. The molecule has 4 aromatic rings. The fourth-order valence-corrected chi connectivity index (χ4v) is 4.99. The van der Waals surface area contributed by atoms with Crippen LogP contribution in [0, 0.1) is 12.8 Å². The standard InChI is InChI=1S/C30H32N4O/c1-22-4-6-27(19-29(22)33-20-24-8-12-31-13-9-24)30(35)34-15-2-3-23(11-16-34)17-25-5-7-28-21-32-14-10-26(28)18-25/h4-10,12-14,18-19,21,23,33H,2-3,11,15-17,20H2,1H3/t23-/m0/s1. The Morgan fingerprint density at radius 3 is 2.66 bits per heavy atom. The van der Waals surface area contributed by atoms with Crippen molar-refractivity contribution in [1.82, 2.24) is 14.9 Å². The van der Waals surface area contributed by atoms with Crippen molar-refractivity contribution in [1.29, 1.82) is 0 Å². The van der Waals surface area contributed by atoms with E-state index in [2.05, 4.69) is 46.5 Å². The van der Waals surface area contributed by atoms with Crippen LogP contribution in [0.4, 0.5) is 5.69 Å². The summed E-state index contributed by atoms with van der Waals surface area (Å²) in [5.41, 5.74) is 5.44. The van der Waals surface area contributed by atoms with E-state index < -0.39 is 0 Å². The highest BCUT2D eigenvalue weighted by Gasteiger charge is 2.22. The predicted octanol–water partition coefficient (Wildman–Crippen LogP) is 6.04. The van der Waals surface area contributed by atoms with E-state index in [4.69, 9.17) is 0 Å². The number of anilines is 1. The van der Waals surface area contributed by atoms with Gasteiger partial charge in [0.2, 0.25) is 0 Å². The van der Waals surface area contributed by atoms with Gasteiger partial charge in [0.15, 0.2) is 0 Å². The van der Waals surface area contributed by atoms with Crippen LogP contribution in [0.25, 0.3) is 10.8 Å². The molecule has 35 heavy (non-hydrogen) atoms. The van der Waals surface area contributed by atoms with Crippen LogP contribution in [-0.4, -0.2) is 33.9 Å². The number of amides is 1. The molecule has 0 spiro atoms. The summed E-state index contributed by atoms with van der Waals surface area (Å²) in [5.74, 6) is 0.735. The van der Waals surface area contributed by atoms with Crippen molar-refractivity contribution in [2.75, 3.05) is 18.4 Å². The molecule has 5 heteroatoms. The number of hydrogen-bond donors (Lipinski definition) is 1. The zero-order valence-electron chi connectivity index (χ0n) is 20.3. The summed E-state index contributed by atoms with van der Waals surface area (Å²) in [6, 6.07) is 18.8. The van der Waals surface area contributed by atoms with Crippen LogP contribution in [0.15, 0.2) is 79.4 Å². The number of rotatable bonds is 6. The minimum Gasteiger partial charge on any atom is -0.381 e. The van der Waals surface area contributed by atoms with Gasteiger partial charge in [0.25, 0.3) is 5.91 Å². The topological polar surface area (TPSA) is 58.1 Å². The molecule has 1 saturated heterocycles. The van der Waals surface area contributed by atoms with E-state index in [1.165, 1.54) is 16.3 Å². The molecule has 2 aromatic heterocycles. The maximum Gasteiger partial charge on any atom is 0.253 e. The van der Waals surface area contributed by atoms with Gasteiger partial charge in [-0.05, 0) is 90.9 Å². The third-order valence-electron chi connectivity index (χ3n) is 7.08. The van der Waals surface area contributed by atoms with E-state index in [-0.39, 0.29) is 5.91 Å². The number of fused-ring (bicyclic) bond motifs is 1. The Hall–Kier alpha value is -3.73. The highest BCUT2D eigenvalue weighted by molar-refractivity contribution is 5.95. The highest BCUT2D eigenvalue weighted by Crippen LogP contribution is 2.26. The van der Waals surface area contributed by atoms with Crippen LogP contribution in [0.1, 0.15) is 46.3 Å². The van der Waals surface area contributed by atoms with Gasteiger partial charge in [-0.3, -0.25) is 14.8 Å². The molecular weight excluding hydrogens is 432 g/mol. The van der Waals surface area contributed by atoms with Crippen molar-refractivity contribution < 1.29 is 4.79 Å². The lowest BCUT2D eigenvalue weighted by Crippen LogP contribution is -2.32. The van der Waals surface area contributed by atoms with E-state index in [1.54, 1.807) is 12.4 Å². The average Bonchev–Trinajstić information content (AvgIpc) is 3.14. The van der Waals surface area contributed by atoms with Crippen LogP contribution < -0.4 is 5.32 Å². The summed E-state index contributed by atoms with van der Waals surface area (Å²) in [4.78, 5) is 23.7. The molecule has 1 aliphatic rings. The number of nitrogens with zero attached hydrogens (tertiary/aromatic N) is 3. The Bertz CT molecular complexity index is 1300. The SMILES string of the molecule is Cc1ccc(C(=O)N2CCC[C@H](Cc3ccc4cnccc4c3)CC2)cc1NCc1ccncc1. The van der Waals surface area contributed by atoms with Crippen molar-refractivity contribution >= 4 is 22.4 Å². The summed E-state index contributed by atoms with van der Waals surface area (Å²) >= 11 is 0. The predicted molar refractivity (Wildman–Crippen MR) is 141 cm³/mol. The maximum atomic E-state index is 13.4. The zero-order valence-corrected chi connectivity index (χ0v) is 20.3. The van der Waals surface area contributed by atoms with Crippen molar-refractivity contribution in [2.24, 2.45) is 5.92 Å². The molecule has 3 heterocycles. The highest BCUT2D eigenvalue weighted by atomic mass is 16.2. The van der Waals surface area contributed by atoms with Gasteiger partial charge in [0.1, 0.15) is 0 Å². The Kier molecular flexibility index (Phi) is 7.03. The number of aromatic nitrogens is 2. The van der Waals surface area contributed by atoms with Crippen molar-refractivity contribution in [3.8, 4) is 0 Å². The van der Waals surface area contributed by atoms with Crippen molar-refractivity contribution in [2.45, 2.75) is 39.2 Å². The van der Waals surface area contributed by atoms with Crippen LogP contribution in [0.5, 0.6) is 0 Å². The quantitative estimate of drug-likeness (QED) is 0.378. The molecule has 2 aromatic carbocycles. The average molecular weight is 465 g/mol. The van der Waals surface area contributed by atoms with Crippen LogP contribution in [-0.2, 0) is 13.0 Å². The smallest absolute Gasteiger partial charge is 0.253 e. The first-order valence-electron chi connectivity index (χ1n) is 12.5. The molecule has 178 valence electrons. The number of aryl methyl sites for hydroxylation is 1. The molecule has 1 amide bonds. The fraction of sp³-hybridized carbons (Fsp3) is 0.300. The summed E-state index contributed by atoms with van der Waals surface area (Å²) in [6.45, 7) is 4.42. The zero-order chi connectivity index (χ0) is 24.0. The van der Waals surface area contributed by atoms with Gasteiger partial charge in [-0.25, -0.2) is 0 Å². The van der Waals surface area contributed by atoms with Gasteiger partial charge in [-0.15, -0.1) is 0 Å². The van der Waals surface area contributed by atoms with Crippen molar-refractivity contribution in [3.05, 3.63) is 102 Å². The Morgan fingerprint density at radius 2 is 1.77 bits per heavy atom. The molecule has 5 nitrogen and oxygen atoms in total. The van der Waals surface area contributed by atoms with Crippen LogP contribution in [0.3, 0.4) is 0 Å². The van der Waals surface area contributed by atoms with Crippen molar-refractivity contribution in [3.63, 3.8) is 0 Å². The van der Waals surface area contributed by atoms with E-state index in [1.807, 2.05) is 47.6 Å². The number of carbonyl (C=O) groups excluding carboxylic acids is 1. The molecule has 0 unspecified atom stereocenters. The fourth-order valence-electron chi connectivity index (χ4n) is 4.99. The molecule has 1 aliphatic heterocycles. The molecule has 1 atom stereocenters. The van der Waals surface area contributed by atoms with Gasteiger partial charge in [0.05, 0.1) is 0 Å². The molecule has 5 rings (SSSR count). The lowest BCUT2D eigenvalue weighted by atomic mass is 9.92. The van der Waals surface area contributed by atoms with Gasteiger partial charge in [-0.2, -0.15) is 0 Å². The molecular formula is C30H32N4O. The summed E-state index contributed by atoms with van der Waals surface area (Å²) in [6.07, 6.45) is 11.7. The minimum absolute atomic E-state index is 0.135. The summed E-state index contributed by atoms with van der Waals surface area (Å²) in [5, 5.41) is 5.91. The Balaban J connectivity index is 1.21. The summed E-state index contributed by atoms with van der Waals surface area (Å²) in [7, 11) is 0. The minimum atomic E-state index is 0.135. The van der Waals surface area contributed by atoms with E-state index in [9.17, 15) is 4.79 Å². The lowest BCUT2D eigenvalue weighted by molar-refractivity contribution is 0.0760. The largest absolute Gasteiger partial charge is 0.381 e. The normalized spacial score (nSPS) is 16.1. The first kappa shape index (κ1) is 23.0. The molecule has 0 saturated carbocycles. The second-order valence-electron chi connectivity index (χ2n) is 9.59. The van der Waals surface area contributed by atoms with Gasteiger partial charge < -0.3 is 10.2 Å². The van der Waals surface area contributed by atoms with E-state index in [0.29, 0.717) is 12.5 Å². The van der Waals surface area contributed by atoms with Gasteiger partial charge in [-0.1, -0.05) is 24.3 Å². The number of nitrogens with one attached hydrogen (secondary N) is 1. The third kappa shape index (κ3) is 5.68. The number of benzene rings is 2. The number of hydrogen-bond acceptors (Lipinski definition) is 4. The van der Waals surface area contributed by atoms with Gasteiger partial charge in [0, 0.05) is 61.1 Å². The monoisotopic (exact) mass is 464 g/mol. The maximum absolute atomic E-state index is 13.4. The summed E-state index contributed by atoms with van der Waals surface area (Å²) < 4.78 is 0. The second kappa shape index (κ2) is 10.7. The molecule has 0 aliphatic carbocycles. The number of carbonyl (C=O) groups is 1. The Labute approximate surface area is 207 Å². The van der Waals surface area contributed by atoms with E-state index >= 15 is 0 Å². The first-order valence-corrected chi connectivity index (χ1v) is 12.5. The number of pyridine rings is 2. The lowest BCUT2D eigenvalue weighted by Gasteiger charge is -2.22. The number of likely N-dealkylation sites (tertiary alicyclic amines) is 1. The van der Waals surface area contributed by atoms with Crippen LogP contribution in [0.2, 0.25) is 0 Å². The molecule has 0 bridgehead atoms. The Morgan fingerprint density at radius 1 is 0.914 bits per heavy atom. The van der Waals surface area contributed by atoms with Crippen LogP contribution >= 0.6 is 0 Å². The van der Waals surface area contributed by atoms with Gasteiger partial charge >= 0.3 is 0 Å². The molecule has 1 N–H and O–H groups in total. The van der Waals surface area contributed by atoms with E-state index in [0.717, 1.165) is 61.2 Å². The third-order valence-corrected chi connectivity index (χ3v) is 7.08.